The lowest BCUT2D eigenvalue weighted by Gasteiger charge is -2.15. The van der Waals surface area contributed by atoms with Crippen LogP contribution in [0.2, 0.25) is 0 Å². The number of rotatable bonds is 4. The zero-order chi connectivity index (χ0) is 11.4. The zero-order valence-electron chi connectivity index (χ0n) is 9.53. The molecule has 0 saturated carbocycles. The van der Waals surface area contributed by atoms with Gasteiger partial charge in [-0.15, -0.1) is 0 Å². The standard InChI is InChI=1S/C12H16O3/c1-8(9(2)13)10-6-5-7-11(14-3)12(10)15-4/h5-8H,1-4H3. The van der Waals surface area contributed by atoms with E-state index in [9.17, 15) is 4.79 Å². The van der Waals surface area contributed by atoms with Crippen molar-refractivity contribution in [2.75, 3.05) is 14.2 Å². The first kappa shape index (κ1) is 11.6. The lowest BCUT2D eigenvalue weighted by Crippen LogP contribution is -2.06. The molecule has 0 spiro atoms. The molecule has 0 saturated heterocycles. The van der Waals surface area contributed by atoms with Gasteiger partial charge in [-0.1, -0.05) is 19.1 Å². The van der Waals surface area contributed by atoms with Gasteiger partial charge in [-0.05, 0) is 13.0 Å². The number of hydrogen-bond acceptors (Lipinski definition) is 3. The molecule has 0 aliphatic heterocycles. The monoisotopic (exact) mass is 208 g/mol. The molecule has 1 rings (SSSR count). The van der Waals surface area contributed by atoms with Gasteiger partial charge in [0.15, 0.2) is 11.5 Å². The van der Waals surface area contributed by atoms with E-state index >= 15 is 0 Å². The van der Waals surface area contributed by atoms with Crippen LogP contribution in [0.4, 0.5) is 0 Å². The van der Waals surface area contributed by atoms with E-state index in [1.54, 1.807) is 21.1 Å². The predicted molar refractivity (Wildman–Crippen MR) is 58.6 cm³/mol. The Hall–Kier alpha value is -1.51. The lowest BCUT2D eigenvalue weighted by molar-refractivity contribution is -0.118. The molecular weight excluding hydrogens is 192 g/mol. The predicted octanol–water partition coefficient (Wildman–Crippen LogP) is 2.40. The van der Waals surface area contributed by atoms with Gasteiger partial charge in [0.25, 0.3) is 0 Å². The van der Waals surface area contributed by atoms with E-state index in [-0.39, 0.29) is 11.7 Å². The number of para-hydroxylation sites is 1. The summed E-state index contributed by atoms with van der Waals surface area (Å²) in [5.41, 5.74) is 0.865. The van der Waals surface area contributed by atoms with Crippen molar-refractivity contribution >= 4 is 5.78 Å². The average molecular weight is 208 g/mol. The van der Waals surface area contributed by atoms with Gasteiger partial charge in [0.1, 0.15) is 5.78 Å². The molecule has 1 aromatic carbocycles. The summed E-state index contributed by atoms with van der Waals surface area (Å²) in [4.78, 5) is 11.3. The van der Waals surface area contributed by atoms with Crippen LogP contribution in [0.5, 0.6) is 11.5 Å². The number of carbonyl (C=O) groups is 1. The summed E-state index contributed by atoms with van der Waals surface area (Å²) in [5, 5.41) is 0. The van der Waals surface area contributed by atoms with Crippen molar-refractivity contribution in [3.8, 4) is 11.5 Å². The summed E-state index contributed by atoms with van der Waals surface area (Å²) in [7, 11) is 3.16. The van der Waals surface area contributed by atoms with Gasteiger partial charge < -0.3 is 9.47 Å². The molecule has 3 nitrogen and oxygen atoms in total. The molecule has 0 radical (unpaired) electrons. The van der Waals surface area contributed by atoms with Crippen LogP contribution in [-0.4, -0.2) is 20.0 Å². The SMILES string of the molecule is COc1cccc(C(C)C(C)=O)c1OC. The maximum Gasteiger partial charge on any atom is 0.164 e. The Bertz CT molecular complexity index is 358. The molecule has 15 heavy (non-hydrogen) atoms. The van der Waals surface area contributed by atoms with Crippen LogP contribution in [0.15, 0.2) is 18.2 Å². The number of methoxy groups -OCH3 is 2. The van der Waals surface area contributed by atoms with Crippen molar-refractivity contribution in [1.82, 2.24) is 0 Å². The number of ether oxygens (including phenoxy) is 2. The summed E-state index contributed by atoms with van der Waals surface area (Å²) in [6.45, 7) is 3.43. The molecule has 1 aromatic rings. The van der Waals surface area contributed by atoms with E-state index in [1.807, 2.05) is 25.1 Å². The molecule has 1 atom stereocenters. The Morgan fingerprint density at radius 3 is 2.40 bits per heavy atom. The summed E-state index contributed by atoms with van der Waals surface area (Å²) in [6.07, 6.45) is 0. The third-order valence-electron chi connectivity index (χ3n) is 2.51. The van der Waals surface area contributed by atoms with Gasteiger partial charge in [-0.2, -0.15) is 0 Å². The molecule has 0 aromatic heterocycles. The summed E-state index contributed by atoms with van der Waals surface area (Å²) < 4.78 is 10.4. The second-order valence-electron chi connectivity index (χ2n) is 3.42. The Morgan fingerprint density at radius 1 is 1.27 bits per heavy atom. The smallest absolute Gasteiger partial charge is 0.164 e. The van der Waals surface area contributed by atoms with Crippen molar-refractivity contribution in [1.29, 1.82) is 0 Å². The summed E-state index contributed by atoms with van der Waals surface area (Å²) in [6, 6.07) is 5.55. The average Bonchev–Trinajstić information content (AvgIpc) is 2.26. The molecule has 1 unspecified atom stereocenters. The van der Waals surface area contributed by atoms with Gasteiger partial charge in [-0.3, -0.25) is 4.79 Å². The topological polar surface area (TPSA) is 35.5 Å². The normalized spacial score (nSPS) is 12.0. The van der Waals surface area contributed by atoms with Crippen LogP contribution in [-0.2, 0) is 4.79 Å². The fourth-order valence-corrected chi connectivity index (χ4v) is 1.47. The van der Waals surface area contributed by atoms with Gasteiger partial charge in [0, 0.05) is 11.5 Å². The Labute approximate surface area is 90.0 Å². The Kier molecular flexibility index (Phi) is 3.72. The van der Waals surface area contributed by atoms with Gasteiger partial charge in [0.05, 0.1) is 14.2 Å². The number of ketones is 1. The van der Waals surface area contributed by atoms with E-state index in [0.29, 0.717) is 11.5 Å². The van der Waals surface area contributed by atoms with Crippen LogP contribution >= 0.6 is 0 Å². The van der Waals surface area contributed by atoms with Gasteiger partial charge in [-0.25, -0.2) is 0 Å². The van der Waals surface area contributed by atoms with Crippen molar-refractivity contribution in [2.24, 2.45) is 0 Å². The lowest BCUT2D eigenvalue weighted by atomic mass is 9.96. The third kappa shape index (κ3) is 2.29. The number of carbonyl (C=O) groups excluding carboxylic acids is 1. The quantitative estimate of drug-likeness (QED) is 0.762. The van der Waals surface area contributed by atoms with Crippen molar-refractivity contribution in [3.63, 3.8) is 0 Å². The van der Waals surface area contributed by atoms with E-state index < -0.39 is 0 Å². The summed E-state index contributed by atoms with van der Waals surface area (Å²) in [5.74, 6) is 1.24. The van der Waals surface area contributed by atoms with Crippen molar-refractivity contribution in [3.05, 3.63) is 23.8 Å². The minimum absolute atomic E-state index is 0.113. The third-order valence-corrected chi connectivity index (χ3v) is 2.51. The molecule has 0 N–H and O–H groups in total. The van der Waals surface area contributed by atoms with Crippen LogP contribution < -0.4 is 9.47 Å². The summed E-state index contributed by atoms with van der Waals surface area (Å²) >= 11 is 0. The Balaban J connectivity index is 3.22. The largest absolute Gasteiger partial charge is 0.493 e. The molecule has 0 bridgehead atoms. The van der Waals surface area contributed by atoms with Crippen molar-refractivity contribution in [2.45, 2.75) is 19.8 Å². The van der Waals surface area contributed by atoms with Crippen molar-refractivity contribution < 1.29 is 14.3 Å². The first-order valence-corrected chi connectivity index (χ1v) is 4.83. The number of hydrogen-bond donors (Lipinski definition) is 0. The molecular formula is C12H16O3. The minimum Gasteiger partial charge on any atom is -0.493 e. The molecule has 0 aliphatic rings. The van der Waals surface area contributed by atoms with Gasteiger partial charge >= 0.3 is 0 Å². The fraction of sp³-hybridized carbons (Fsp3) is 0.417. The fourth-order valence-electron chi connectivity index (χ4n) is 1.47. The molecule has 3 heteroatoms. The highest BCUT2D eigenvalue weighted by atomic mass is 16.5. The van der Waals surface area contributed by atoms with Crippen LogP contribution in [0.1, 0.15) is 25.3 Å². The number of Topliss-reactive ketones (excluding diaryl/α,β-unsaturated/α-hetero) is 1. The molecule has 0 amide bonds. The van der Waals surface area contributed by atoms with Crippen LogP contribution in [0.25, 0.3) is 0 Å². The van der Waals surface area contributed by atoms with E-state index in [0.717, 1.165) is 5.56 Å². The number of benzene rings is 1. The first-order chi connectivity index (χ1) is 7.11. The zero-order valence-corrected chi connectivity index (χ0v) is 9.53. The highest BCUT2D eigenvalue weighted by Crippen LogP contribution is 2.35. The first-order valence-electron chi connectivity index (χ1n) is 4.83. The van der Waals surface area contributed by atoms with E-state index in [1.165, 1.54) is 0 Å². The molecule has 0 aliphatic carbocycles. The second-order valence-corrected chi connectivity index (χ2v) is 3.42. The maximum absolute atomic E-state index is 11.3. The highest BCUT2D eigenvalue weighted by molar-refractivity contribution is 5.84. The van der Waals surface area contributed by atoms with Crippen LogP contribution in [0.3, 0.4) is 0 Å². The maximum atomic E-state index is 11.3. The highest BCUT2D eigenvalue weighted by Gasteiger charge is 2.18. The van der Waals surface area contributed by atoms with Gasteiger partial charge in [0.2, 0.25) is 0 Å². The Morgan fingerprint density at radius 2 is 1.93 bits per heavy atom. The van der Waals surface area contributed by atoms with E-state index in [2.05, 4.69) is 0 Å². The minimum atomic E-state index is -0.171. The van der Waals surface area contributed by atoms with E-state index in [4.69, 9.17) is 9.47 Å². The molecule has 0 fully saturated rings. The van der Waals surface area contributed by atoms with Crippen LogP contribution in [0, 0.1) is 0 Å². The molecule has 0 heterocycles. The molecule has 82 valence electrons. The second kappa shape index (κ2) is 4.82.